The van der Waals surface area contributed by atoms with Crippen molar-refractivity contribution in [2.75, 3.05) is 13.2 Å². The van der Waals surface area contributed by atoms with Gasteiger partial charge in [-0.25, -0.2) is 0 Å². The molecule has 0 amide bonds. The number of hydrogen-bond donors (Lipinski definition) is 0. The first-order valence-electron chi connectivity index (χ1n) is 10.4. The maximum Gasteiger partial charge on any atom is 0.0852 e. The van der Waals surface area contributed by atoms with Crippen LogP contribution in [0.2, 0.25) is 0 Å². The van der Waals surface area contributed by atoms with Crippen LogP contribution in [0.4, 0.5) is 0 Å². The lowest BCUT2D eigenvalue weighted by molar-refractivity contribution is 0.125. The van der Waals surface area contributed by atoms with Crippen LogP contribution in [-0.2, 0) is 17.8 Å². The van der Waals surface area contributed by atoms with Crippen LogP contribution in [-0.4, -0.2) is 43.2 Å². The quantitative estimate of drug-likeness (QED) is 0.463. The highest BCUT2D eigenvalue weighted by molar-refractivity contribution is 4.98. The Morgan fingerprint density at radius 3 is 1.52 bits per heavy atom. The van der Waals surface area contributed by atoms with E-state index in [0.29, 0.717) is 11.8 Å². The third-order valence-electron chi connectivity index (χ3n) is 4.65. The maximum absolute atomic E-state index is 5.74. The predicted octanol–water partition coefficient (Wildman–Crippen LogP) is 4.17. The first kappa shape index (κ1) is 21.5. The summed E-state index contributed by atoms with van der Waals surface area (Å²) in [6.07, 6.45) is 10.9. The third-order valence-corrected chi connectivity index (χ3v) is 4.65. The molecule has 0 aliphatic rings. The van der Waals surface area contributed by atoms with Crippen LogP contribution in [0.15, 0.2) is 12.4 Å². The lowest BCUT2D eigenvalue weighted by Crippen LogP contribution is -2.02. The molecule has 0 fully saturated rings. The van der Waals surface area contributed by atoms with Gasteiger partial charge in [0, 0.05) is 38.7 Å². The van der Waals surface area contributed by atoms with Crippen molar-refractivity contribution in [1.82, 2.24) is 30.0 Å². The highest BCUT2D eigenvalue weighted by Gasteiger charge is 2.05. The fraction of sp³-hybridized carbons (Fsp3) is 0.800. The summed E-state index contributed by atoms with van der Waals surface area (Å²) in [4.78, 5) is 0. The van der Waals surface area contributed by atoms with Gasteiger partial charge in [0.1, 0.15) is 0 Å². The average molecular weight is 377 g/mol. The van der Waals surface area contributed by atoms with Crippen LogP contribution in [0.1, 0.15) is 89.4 Å². The van der Waals surface area contributed by atoms with E-state index in [2.05, 4.69) is 60.7 Å². The molecule has 0 atom stereocenters. The Hall–Kier alpha value is -1.76. The zero-order valence-corrected chi connectivity index (χ0v) is 17.5. The lowest BCUT2D eigenvalue weighted by Gasteiger charge is -2.05. The molecule has 0 bridgehead atoms. The van der Waals surface area contributed by atoms with E-state index in [4.69, 9.17) is 4.74 Å². The minimum absolute atomic E-state index is 0.445. The number of rotatable bonds is 14. The van der Waals surface area contributed by atoms with Gasteiger partial charge in [-0.2, -0.15) is 0 Å². The van der Waals surface area contributed by atoms with Crippen molar-refractivity contribution in [1.29, 1.82) is 0 Å². The fourth-order valence-electron chi connectivity index (χ4n) is 2.79. The number of aromatic nitrogens is 6. The van der Waals surface area contributed by atoms with Gasteiger partial charge in [-0.3, -0.25) is 9.36 Å². The average Bonchev–Trinajstić information content (AvgIpc) is 3.29. The third kappa shape index (κ3) is 8.20. The van der Waals surface area contributed by atoms with Gasteiger partial charge in [-0.1, -0.05) is 38.1 Å². The van der Waals surface area contributed by atoms with Crippen LogP contribution in [0.5, 0.6) is 0 Å². The number of aryl methyl sites for hydroxylation is 2. The Bertz CT molecular complexity index is 580. The zero-order valence-electron chi connectivity index (χ0n) is 17.5. The number of ether oxygens (including phenoxy) is 1. The molecule has 2 aromatic rings. The maximum atomic E-state index is 5.74. The SMILES string of the molecule is CC(C)c1cn(CCCCCOCCCCCn2cc(C(C)C)nn2)nn1. The van der Waals surface area contributed by atoms with Crippen LogP contribution >= 0.6 is 0 Å². The summed E-state index contributed by atoms with van der Waals surface area (Å²) in [6, 6.07) is 0. The molecule has 0 aliphatic carbocycles. The molecule has 0 unspecified atom stereocenters. The summed E-state index contributed by atoms with van der Waals surface area (Å²) in [5, 5.41) is 16.7. The molecule has 0 spiro atoms. The lowest BCUT2D eigenvalue weighted by atomic mass is 10.2. The largest absolute Gasteiger partial charge is 0.381 e. The summed E-state index contributed by atoms with van der Waals surface area (Å²) < 4.78 is 9.65. The molecule has 7 nitrogen and oxygen atoms in total. The summed E-state index contributed by atoms with van der Waals surface area (Å²) in [5.74, 6) is 0.891. The van der Waals surface area contributed by atoms with Crippen LogP contribution in [0.3, 0.4) is 0 Å². The molecule has 2 rings (SSSR count). The minimum Gasteiger partial charge on any atom is -0.381 e. The van der Waals surface area contributed by atoms with E-state index in [0.717, 1.165) is 63.4 Å². The van der Waals surface area contributed by atoms with Gasteiger partial charge >= 0.3 is 0 Å². The van der Waals surface area contributed by atoms with Crippen LogP contribution in [0.25, 0.3) is 0 Å². The molecule has 0 aliphatic heterocycles. The predicted molar refractivity (Wildman–Crippen MR) is 107 cm³/mol. The highest BCUT2D eigenvalue weighted by atomic mass is 16.5. The zero-order chi connectivity index (χ0) is 19.5. The second kappa shape index (κ2) is 11.8. The fourth-order valence-corrected chi connectivity index (χ4v) is 2.79. The van der Waals surface area contributed by atoms with Crippen molar-refractivity contribution < 1.29 is 4.74 Å². The second-order valence-electron chi connectivity index (χ2n) is 7.86. The van der Waals surface area contributed by atoms with Crippen LogP contribution in [0, 0.1) is 0 Å². The van der Waals surface area contributed by atoms with Crippen molar-refractivity contribution in [3.8, 4) is 0 Å². The summed E-state index contributed by atoms with van der Waals surface area (Å²) in [6.45, 7) is 12.2. The molecule has 0 saturated carbocycles. The van der Waals surface area contributed by atoms with Crippen molar-refractivity contribution in [3.63, 3.8) is 0 Å². The molecule has 0 saturated heterocycles. The minimum atomic E-state index is 0.445. The summed E-state index contributed by atoms with van der Waals surface area (Å²) >= 11 is 0. The van der Waals surface area contributed by atoms with E-state index < -0.39 is 0 Å². The number of nitrogens with zero attached hydrogens (tertiary/aromatic N) is 6. The number of unbranched alkanes of at least 4 members (excludes halogenated alkanes) is 4. The molecule has 152 valence electrons. The molecule has 0 N–H and O–H groups in total. The van der Waals surface area contributed by atoms with E-state index in [1.807, 2.05) is 9.36 Å². The highest BCUT2D eigenvalue weighted by Crippen LogP contribution is 2.11. The van der Waals surface area contributed by atoms with Gasteiger partial charge < -0.3 is 4.74 Å². The smallest absolute Gasteiger partial charge is 0.0852 e. The number of hydrogen-bond acceptors (Lipinski definition) is 5. The van der Waals surface area contributed by atoms with E-state index >= 15 is 0 Å². The molecule has 0 radical (unpaired) electrons. The monoisotopic (exact) mass is 376 g/mol. The van der Waals surface area contributed by atoms with E-state index in [1.165, 1.54) is 12.8 Å². The van der Waals surface area contributed by atoms with Crippen molar-refractivity contribution in [3.05, 3.63) is 23.8 Å². The van der Waals surface area contributed by atoms with Crippen molar-refractivity contribution in [2.24, 2.45) is 0 Å². The molecule has 2 heterocycles. The van der Waals surface area contributed by atoms with Gasteiger partial charge in [0.25, 0.3) is 0 Å². The standard InChI is InChI=1S/C20H36N6O/c1-17(2)19-15-25(23-21-19)11-7-5-9-13-27-14-10-6-8-12-26-16-20(18(3)4)22-24-26/h15-18H,5-14H2,1-4H3. The van der Waals surface area contributed by atoms with E-state index in [-0.39, 0.29) is 0 Å². The molecular formula is C20H36N6O. The molecule has 2 aromatic heterocycles. The summed E-state index contributed by atoms with van der Waals surface area (Å²) in [7, 11) is 0. The van der Waals surface area contributed by atoms with Gasteiger partial charge in [-0.15, -0.1) is 10.2 Å². The molecular weight excluding hydrogens is 340 g/mol. The second-order valence-corrected chi connectivity index (χ2v) is 7.86. The Kier molecular flexibility index (Phi) is 9.45. The Morgan fingerprint density at radius 1 is 0.704 bits per heavy atom. The van der Waals surface area contributed by atoms with Gasteiger partial charge in [0.15, 0.2) is 0 Å². The normalized spacial score (nSPS) is 11.8. The van der Waals surface area contributed by atoms with Gasteiger partial charge in [-0.05, 0) is 50.4 Å². The molecule has 7 heteroatoms. The first-order chi connectivity index (χ1) is 13.1. The van der Waals surface area contributed by atoms with Crippen LogP contribution < -0.4 is 0 Å². The topological polar surface area (TPSA) is 70.7 Å². The van der Waals surface area contributed by atoms with Crippen molar-refractivity contribution in [2.45, 2.75) is 91.1 Å². The van der Waals surface area contributed by atoms with Gasteiger partial charge in [0.2, 0.25) is 0 Å². The Labute approximate surface area is 163 Å². The first-order valence-corrected chi connectivity index (χ1v) is 10.4. The molecule has 27 heavy (non-hydrogen) atoms. The molecule has 0 aromatic carbocycles. The van der Waals surface area contributed by atoms with Gasteiger partial charge in [0.05, 0.1) is 11.4 Å². The van der Waals surface area contributed by atoms with E-state index in [1.54, 1.807) is 0 Å². The Balaban J connectivity index is 1.39. The Morgan fingerprint density at radius 2 is 1.15 bits per heavy atom. The van der Waals surface area contributed by atoms with Crippen molar-refractivity contribution >= 4 is 0 Å². The van der Waals surface area contributed by atoms with E-state index in [9.17, 15) is 0 Å². The summed E-state index contributed by atoms with van der Waals surface area (Å²) in [5.41, 5.74) is 2.14.